The zero-order chi connectivity index (χ0) is 22.1. The van der Waals surface area contributed by atoms with E-state index in [-0.39, 0.29) is 30.0 Å². The van der Waals surface area contributed by atoms with Crippen molar-refractivity contribution in [2.75, 3.05) is 50.7 Å². The summed E-state index contributed by atoms with van der Waals surface area (Å²) >= 11 is 0. The summed E-state index contributed by atoms with van der Waals surface area (Å²) in [6.07, 6.45) is -4.48. The number of hydrogen-bond acceptors (Lipinski definition) is 6. The molecule has 2 aliphatic heterocycles. The molecular formula is C20H30F3N5O2. The van der Waals surface area contributed by atoms with Gasteiger partial charge in [-0.2, -0.15) is 13.2 Å². The van der Waals surface area contributed by atoms with Crippen molar-refractivity contribution >= 4 is 11.9 Å². The average molecular weight is 429 g/mol. The highest BCUT2D eigenvalue weighted by atomic mass is 19.4. The minimum Gasteiger partial charge on any atom is -0.372 e. The van der Waals surface area contributed by atoms with Gasteiger partial charge in [0.25, 0.3) is 0 Å². The first-order valence-electron chi connectivity index (χ1n) is 10.4. The number of rotatable bonds is 4. The van der Waals surface area contributed by atoms with Gasteiger partial charge in [-0.15, -0.1) is 0 Å². The lowest BCUT2D eigenvalue weighted by Crippen LogP contribution is -2.54. The van der Waals surface area contributed by atoms with Crippen LogP contribution in [-0.4, -0.2) is 83.7 Å². The monoisotopic (exact) mass is 429 g/mol. The van der Waals surface area contributed by atoms with Crippen LogP contribution in [0.4, 0.5) is 19.1 Å². The molecular weight excluding hydrogens is 399 g/mol. The molecule has 0 N–H and O–H groups in total. The van der Waals surface area contributed by atoms with Crippen molar-refractivity contribution < 1.29 is 22.7 Å². The van der Waals surface area contributed by atoms with E-state index in [1.807, 2.05) is 37.5 Å². The molecule has 1 aromatic rings. The Hall–Kier alpha value is -1.94. The van der Waals surface area contributed by atoms with Gasteiger partial charge in [0.2, 0.25) is 11.9 Å². The van der Waals surface area contributed by atoms with Crippen molar-refractivity contribution in [3.05, 3.63) is 17.5 Å². The first-order chi connectivity index (χ1) is 14.0. The molecule has 168 valence electrons. The Morgan fingerprint density at radius 2 is 1.73 bits per heavy atom. The van der Waals surface area contributed by atoms with E-state index in [1.165, 1.54) is 0 Å². The van der Waals surface area contributed by atoms with E-state index in [1.54, 1.807) is 4.90 Å². The summed E-state index contributed by atoms with van der Waals surface area (Å²) in [4.78, 5) is 26.4. The maximum atomic E-state index is 13.2. The Balaban J connectivity index is 1.61. The lowest BCUT2D eigenvalue weighted by atomic mass is 10.1. The molecule has 10 heteroatoms. The molecule has 2 atom stereocenters. The molecule has 0 radical (unpaired) electrons. The largest absolute Gasteiger partial charge is 0.433 e. The van der Waals surface area contributed by atoms with E-state index < -0.39 is 11.9 Å². The quantitative estimate of drug-likeness (QED) is 0.733. The Kier molecular flexibility index (Phi) is 6.86. The maximum Gasteiger partial charge on any atom is 0.433 e. The lowest BCUT2D eigenvalue weighted by molar-refractivity contribution is -0.144. The molecule has 0 unspecified atom stereocenters. The van der Waals surface area contributed by atoms with Crippen molar-refractivity contribution in [2.24, 2.45) is 0 Å². The third-order valence-corrected chi connectivity index (χ3v) is 5.40. The molecule has 2 fully saturated rings. The van der Waals surface area contributed by atoms with Crippen LogP contribution in [0, 0.1) is 0 Å². The van der Waals surface area contributed by atoms with Crippen LogP contribution >= 0.6 is 0 Å². The van der Waals surface area contributed by atoms with Gasteiger partial charge in [-0.05, 0) is 25.8 Å². The molecule has 1 amide bonds. The van der Waals surface area contributed by atoms with Crippen molar-refractivity contribution in [2.45, 2.75) is 52.0 Å². The second kappa shape index (κ2) is 9.05. The van der Waals surface area contributed by atoms with Gasteiger partial charge in [0.1, 0.15) is 5.69 Å². The molecule has 3 rings (SSSR count). The number of morpholine rings is 1. The van der Waals surface area contributed by atoms with Gasteiger partial charge >= 0.3 is 6.18 Å². The molecule has 0 aliphatic carbocycles. The SMILES string of the molecule is CC(C)c1cc(C(F)(F)F)nc(N2CCN(CC(=O)N3C[C@@H](C)O[C@@H](C)C3)CC2)n1. The van der Waals surface area contributed by atoms with Gasteiger partial charge in [-0.3, -0.25) is 9.69 Å². The van der Waals surface area contributed by atoms with E-state index in [2.05, 4.69) is 9.97 Å². The molecule has 0 saturated carbocycles. The number of alkyl halides is 3. The molecule has 2 aliphatic rings. The van der Waals surface area contributed by atoms with Crippen LogP contribution in [0.2, 0.25) is 0 Å². The zero-order valence-electron chi connectivity index (χ0n) is 17.9. The maximum absolute atomic E-state index is 13.2. The molecule has 0 spiro atoms. The van der Waals surface area contributed by atoms with Crippen molar-refractivity contribution in [3.63, 3.8) is 0 Å². The van der Waals surface area contributed by atoms with Crippen LogP contribution in [0.5, 0.6) is 0 Å². The van der Waals surface area contributed by atoms with E-state index in [4.69, 9.17) is 4.74 Å². The highest BCUT2D eigenvalue weighted by Crippen LogP contribution is 2.31. The van der Waals surface area contributed by atoms with Crippen LogP contribution in [0.1, 0.15) is 45.0 Å². The van der Waals surface area contributed by atoms with Crippen molar-refractivity contribution in [3.8, 4) is 0 Å². The number of nitrogens with zero attached hydrogens (tertiary/aromatic N) is 5. The number of carbonyl (C=O) groups excluding carboxylic acids is 1. The van der Waals surface area contributed by atoms with Crippen LogP contribution in [0.15, 0.2) is 6.07 Å². The van der Waals surface area contributed by atoms with Crippen LogP contribution in [0.25, 0.3) is 0 Å². The molecule has 2 saturated heterocycles. The van der Waals surface area contributed by atoms with E-state index in [9.17, 15) is 18.0 Å². The fourth-order valence-corrected chi connectivity index (χ4v) is 3.81. The molecule has 1 aromatic heterocycles. The summed E-state index contributed by atoms with van der Waals surface area (Å²) in [5.74, 6) is 0.0308. The van der Waals surface area contributed by atoms with Gasteiger partial charge < -0.3 is 14.5 Å². The van der Waals surface area contributed by atoms with Crippen molar-refractivity contribution in [1.29, 1.82) is 0 Å². The number of anilines is 1. The number of carbonyl (C=O) groups is 1. The average Bonchev–Trinajstić information content (AvgIpc) is 2.66. The summed E-state index contributed by atoms with van der Waals surface area (Å²) in [6.45, 7) is 11.1. The van der Waals surface area contributed by atoms with Crippen molar-refractivity contribution in [1.82, 2.24) is 19.8 Å². The molecule has 3 heterocycles. The van der Waals surface area contributed by atoms with Crippen LogP contribution < -0.4 is 4.90 Å². The standard InChI is InChI=1S/C20H30F3N5O2/c1-13(2)16-9-17(20(21,22)23)25-19(24-16)27-7-5-26(6-8-27)12-18(29)28-10-14(3)30-15(4)11-28/h9,13-15H,5-8,10-12H2,1-4H3/t14-,15+. The van der Waals surface area contributed by atoms with Gasteiger partial charge in [0, 0.05) is 45.0 Å². The predicted molar refractivity (Wildman–Crippen MR) is 106 cm³/mol. The second-order valence-electron chi connectivity index (χ2n) is 8.45. The van der Waals surface area contributed by atoms with Gasteiger partial charge in [0.15, 0.2) is 0 Å². The summed E-state index contributed by atoms with van der Waals surface area (Å²) in [7, 11) is 0. The number of amides is 1. The number of hydrogen-bond donors (Lipinski definition) is 0. The number of piperazine rings is 1. The topological polar surface area (TPSA) is 61.8 Å². The minimum absolute atomic E-state index is 0.0164. The lowest BCUT2D eigenvalue weighted by Gasteiger charge is -2.38. The zero-order valence-corrected chi connectivity index (χ0v) is 17.9. The predicted octanol–water partition coefficient (Wildman–Crippen LogP) is 2.38. The summed E-state index contributed by atoms with van der Waals surface area (Å²) in [6, 6.07) is 1.02. The minimum atomic E-state index is -4.51. The number of aromatic nitrogens is 2. The van der Waals surface area contributed by atoms with Crippen LogP contribution in [0.3, 0.4) is 0 Å². The van der Waals surface area contributed by atoms with Gasteiger partial charge in [-0.25, -0.2) is 9.97 Å². The fourth-order valence-electron chi connectivity index (χ4n) is 3.81. The van der Waals surface area contributed by atoms with Gasteiger partial charge in [0.05, 0.1) is 18.8 Å². The fraction of sp³-hybridized carbons (Fsp3) is 0.750. The number of ether oxygens (including phenoxy) is 1. The Morgan fingerprint density at radius 3 is 2.27 bits per heavy atom. The Morgan fingerprint density at radius 1 is 1.13 bits per heavy atom. The van der Waals surface area contributed by atoms with E-state index >= 15 is 0 Å². The highest BCUT2D eigenvalue weighted by Gasteiger charge is 2.35. The third kappa shape index (κ3) is 5.60. The summed E-state index contributed by atoms with van der Waals surface area (Å²) in [5.41, 5.74) is -0.537. The molecule has 0 bridgehead atoms. The smallest absolute Gasteiger partial charge is 0.372 e. The van der Waals surface area contributed by atoms with Crippen LogP contribution in [-0.2, 0) is 15.7 Å². The Labute approximate surface area is 175 Å². The molecule has 30 heavy (non-hydrogen) atoms. The second-order valence-corrected chi connectivity index (χ2v) is 8.45. The van der Waals surface area contributed by atoms with E-state index in [0.29, 0.717) is 51.5 Å². The van der Waals surface area contributed by atoms with E-state index in [0.717, 1.165) is 6.07 Å². The Bertz CT molecular complexity index is 740. The summed E-state index contributed by atoms with van der Waals surface area (Å²) < 4.78 is 45.4. The normalized spacial score (nSPS) is 23.9. The first kappa shape index (κ1) is 22.7. The first-order valence-corrected chi connectivity index (χ1v) is 10.4. The summed E-state index contributed by atoms with van der Waals surface area (Å²) in [5, 5.41) is 0. The molecule has 0 aromatic carbocycles. The third-order valence-electron chi connectivity index (χ3n) is 5.40. The highest BCUT2D eigenvalue weighted by molar-refractivity contribution is 5.78. The van der Waals surface area contributed by atoms with Gasteiger partial charge in [-0.1, -0.05) is 13.8 Å². The molecule has 7 nitrogen and oxygen atoms in total. The number of halogens is 3.